The van der Waals surface area contributed by atoms with Gasteiger partial charge in [0.15, 0.2) is 0 Å². The lowest BCUT2D eigenvalue weighted by Crippen LogP contribution is -2.44. The summed E-state index contributed by atoms with van der Waals surface area (Å²) in [6.45, 7) is 2.94. The van der Waals surface area contributed by atoms with Crippen molar-refractivity contribution in [2.75, 3.05) is 31.1 Å². The van der Waals surface area contributed by atoms with E-state index in [-0.39, 0.29) is 11.8 Å². The first-order valence-corrected chi connectivity index (χ1v) is 11.4. The van der Waals surface area contributed by atoms with E-state index in [9.17, 15) is 4.79 Å². The summed E-state index contributed by atoms with van der Waals surface area (Å²) in [5.74, 6) is 0.862. The Hall–Kier alpha value is -3.12. The van der Waals surface area contributed by atoms with Crippen LogP contribution >= 0.6 is 11.6 Å². The summed E-state index contributed by atoms with van der Waals surface area (Å²) in [4.78, 5) is 21.7. The molecule has 6 nitrogen and oxygen atoms in total. The molecule has 0 bridgehead atoms. The summed E-state index contributed by atoms with van der Waals surface area (Å²) in [7, 11) is 0. The number of carbonyl (C=O) groups is 1. The quantitative estimate of drug-likeness (QED) is 0.566. The van der Waals surface area contributed by atoms with Gasteiger partial charge in [0.1, 0.15) is 0 Å². The Labute approximate surface area is 192 Å². The van der Waals surface area contributed by atoms with Gasteiger partial charge in [0.25, 0.3) is 0 Å². The summed E-state index contributed by atoms with van der Waals surface area (Å²) in [5.41, 5.74) is 3.45. The number of anilines is 1. The van der Waals surface area contributed by atoms with E-state index in [4.69, 9.17) is 16.1 Å². The number of piperidine rings is 1. The highest BCUT2D eigenvalue weighted by molar-refractivity contribution is 6.30. The number of hydrogen-bond donors (Lipinski definition) is 0. The topological polar surface area (TPSA) is 62.5 Å². The molecule has 0 aliphatic carbocycles. The minimum Gasteiger partial charge on any atom is -0.338 e. The van der Waals surface area contributed by atoms with E-state index >= 15 is 0 Å². The molecule has 1 aromatic heterocycles. The molecule has 0 N–H and O–H groups in total. The average molecular weight is 449 g/mol. The maximum absolute atomic E-state index is 13.1. The van der Waals surface area contributed by atoms with Gasteiger partial charge in [0.05, 0.1) is 0 Å². The van der Waals surface area contributed by atoms with Gasteiger partial charge in [-0.15, -0.1) is 0 Å². The van der Waals surface area contributed by atoms with Gasteiger partial charge >= 0.3 is 6.01 Å². The molecule has 0 spiro atoms. The van der Waals surface area contributed by atoms with Crippen LogP contribution in [-0.2, 0) is 4.79 Å². The van der Waals surface area contributed by atoms with Crippen LogP contribution in [-0.4, -0.2) is 47.1 Å². The van der Waals surface area contributed by atoms with Gasteiger partial charge in [-0.05, 0) is 54.7 Å². The zero-order chi connectivity index (χ0) is 21.9. The molecular formula is C25H25ClN4O2. The average Bonchev–Trinajstić information content (AvgIpc) is 3.35. The number of rotatable bonds is 4. The van der Waals surface area contributed by atoms with Gasteiger partial charge in [0, 0.05) is 42.7 Å². The van der Waals surface area contributed by atoms with E-state index in [0.717, 1.165) is 44.5 Å². The monoisotopic (exact) mass is 448 g/mol. The molecule has 5 rings (SSSR count). The molecule has 32 heavy (non-hydrogen) atoms. The van der Waals surface area contributed by atoms with Crippen LogP contribution in [0.4, 0.5) is 6.01 Å². The lowest BCUT2D eigenvalue weighted by molar-refractivity contribution is -0.135. The van der Waals surface area contributed by atoms with Gasteiger partial charge in [-0.3, -0.25) is 4.79 Å². The predicted molar refractivity (Wildman–Crippen MR) is 125 cm³/mol. The van der Waals surface area contributed by atoms with Crippen LogP contribution in [0.15, 0.2) is 65.2 Å². The molecule has 0 unspecified atom stereocenters. The zero-order valence-corrected chi connectivity index (χ0v) is 18.5. The van der Waals surface area contributed by atoms with Crippen LogP contribution in [0.5, 0.6) is 0 Å². The Bertz CT molecular complexity index is 1100. The smallest absolute Gasteiger partial charge is 0.324 e. The Morgan fingerprint density at radius 3 is 2.41 bits per heavy atom. The van der Waals surface area contributed by atoms with Crippen LogP contribution in [0.25, 0.3) is 17.0 Å². The number of benzene rings is 2. The van der Waals surface area contributed by atoms with Crippen LogP contribution in [0.3, 0.4) is 0 Å². The van der Waals surface area contributed by atoms with Gasteiger partial charge in [-0.2, -0.15) is 4.98 Å². The number of halogens is 1. The third kappa shape index (κ3) is 4.41. The molecule has 164 valence electrons. The van der Waals surface area contributed by atoms with E-state index in [2.05, 4.69) is 45.4 Å². The molecule has 2 aliphatic rings. The van der Waals surface area contributed by atoms with Crippen molar-refractivity contribution in [3.63, 3.8) is 0 Å². The van der Waals surface area contributed by atoms with Gasteiger partial charge in [-0.25, -0.2) is 0 Å². The molecule has 0 atom stereocenters. The highest BCUT2D eigenvalue weighted by atomic mass is 35.5. The number of carbonyl (C=O) groups excluding carboxylic acids is 1. The summed E-state index contributed by atoms with van der Waals surface area (Å²) in [6.07, 6.45) is 4.69. The maximum Gasteiger partial charge on any atom is 0.324 e. The molecule has 2 aromatic carbocycles. The fourth-order valence-electron chi connectivity index (χ4n) is 4.42. The summed E-state index contributed by atoms with van der Waals surface area (Å²) in [5, 5.41) is 4.77. The van der Waals surface area contributed by atoms with Gasteiger partial charge in [0.2, 0.25) is 11.7 Å². The molecule has 2 aliphatic heterocycles. The molecular weight excluding hydrogens is 424 g/mol. The first-order valence-electron chi connectivity index (χ1n) is 11.1. The zero-order valence-electron chi connectivity index (χ0n) is 17.8. The Balaban J connectivity index is 1.16. The maximum atomic E-state index is 13.1. The van der Waals surface area contributed by atoms with Crippen LogP contribution in [0.1, 0.15) is 24.8 Å². The van der Waals surface area contributed by atoms with Crippen molar-refractivity contribution in [3.8, 4) is 11.4 Å². The highest BCUT2D eigenvalue weighted by Gasteiger charge is 2.31. The lowest BCUT2D eigenvalue weighted by Gasteiger charge is -2.34. The van der Waals surface area contributed by atoms with Crippen molar-refractivity contribution in [3.05, 3.63) is 71.3 Å². The fraction of sp³-hybridized carbons (Fsp3) is 0.320. The first-order chi connectivity index (χ1) is 15.7. The van der Waals surface area contributed by atoms with Crippen molar-refractivity contribution in [2.45, 2.75) is 19.3 Å². The molecule has 1 amide bonds. The molecule has 7 heteroatoms. The van der Waals surface area contributed by atoms with E-state index in [1.54, 1.807) is 0 Å². The number of amides is 1. The predicted octanol–water partition coefficient (Wildman–Crippen LogP) is 4.92. The molecule has 1 fully saturated rings. The molecule has 0 radical (unpaired) electrons. The van der Waals surface area contributed by atoms with E-state index in [1.807, 2.05) is 35.2 Å². The van der Waals surface area contributed by atoms with Crippen LogP contribution in [0, 0.1) is 5.92 Å². The van der Waals surface area contributed by atoms with Gasteiger partial charge in [-0.1, -0.05) is 53.2 Å². The van der Waals surface area contributed by atoms with Crippen molar-refractivity contribution < 1.29 is 9.32 Å². The number of nitrogens with zero attached hydrogens (tertiary/aromatic N) is 4. The van der Waals surface area contributed by atoms with Crippen molar-refractivity contribution in [2.24, 2.45) is 5.92 Å². The van der Waals surface area contributed by atoms with Gasteiger partial charge < -0.3 is 14.3 Å². The van der Waals surface area contributed by atoms with Crippen molar-refractivity contribution >= 4 is 29.1 Å². The van der Waals surface area contributed by atoms with Crippen LogP contribution < -0.4 is 4.90 Å². The number of aromatic nitrogens is 2. The second kappa shape index (κ2) is 9.17. The summed E-state index contributed by atoms with van der Waals surface area (Å²) >= 11 is 5.95. The van der Waals surface area contributed by atoms with Crippen molar-refractivity contribution in [1.82, 2.24) is 15.0 Å². The first kappa shape index (κ1) is 20.8. The SMILES string of the molecule is O=C(C1CCN(c2nc(-c3ccc(Cl)cc3)no2)CC1)N1CC=C(c2ccccc2)CC1. The Morgan fingerprint density at radius 2 is 1.72 bits per heavy atom. The van der Waals surface area contributed by atoms with Crippen LogP contribution in [0.2, 0.25) is 5.02 Å². The minimum absolute atomic E-state index is 0.0524. The summed E-state index contributed by atoms with van der Waals surface area (Å²) < 4.78 is 5.48. The second-order valence-electron chi connectivity index (χ2n) is 8.30. The van der Waals surface area contributed by atoms with E-state index in [0.29, 0.717) is 23.4 Å². The fourth-order valence-corrected chi connectivity index (χ4v) is 4.55. The standard InChI is InChI=1S/C25H25ClN4O2/c26-22-8-6-20(7-9-22)23-27-25(32-28-23)30-16-12-21(13-17-30)24(31)29-14-10-19(11-15-29)18-4-2-1-3-5-18/h1-10,21H,11-17H2. The van der Waals surface area contributed by atoms with E-state index < -0.39 is 0 Å². The normalized spacial score (nSPS) is 17.3. The molecule has 3 heterocycles. The summed E-state index contributed by atoms with van der Waals surface area (Å²) in [6, 6.07) is 18.3. The largest absolute Gasteiger partial charge is 0.338 e. The minimum atomic E-state index is 0.0524. The molecule has 1 saturated heterocycles. The Morgan fingerprint density at radius 1 is 0.969 bits per heavy atom. The van der Waals surface area contributed by atoms with Crippen molar-refractivity contribution in [1.29, 1.82) is 0 Å². The lowest BCUT2D eigenvalue weighted by atomic mass is 9.93. The number of hydrogen-bond acceptors (Lipinski definition) is 5. The third-order valence-electron chi connectivity index (χ3n) is 6.30. The second-order valence-corrected chi connectivity index (χ2v) is 8.73. The molecule has 0 saturated carbocycles. The third-order valence-corrected chi connectivity index (χ3v) is 6.55. The molecule has 3 aromatic rings. The van der Waals surface area contributed by atoms with E-state index in [1.165, 1.54) is 11.1 Å². The highest BCUT2D eigenvalue weighted by Crippen LogP contribution is 2.28. The Kier molecular flexibility index (Phi) is 5.95.